The van der Waals surface area contributed by atoms with Crippen LogP contribution in [0.3, 0.4) is 0 Å². The summed E-state index contributed by atoms with van der Waals surface area (Å²) in [4.78, 5) is 13.7. The van der Waals surface area contributed by atoms with Crippen LogP contribution in [0.1, 0.15) is 28.5 Å². The number of aromatic nitrogens is 1. The number of fused-ring (bicyclic) bond motifs is 1. The van der Waals surface area contributed by atoms with Crippen molar-refractivity contribution in [1.29, 1.82) is 5.26 Å². The third-order valence-electron chi connectivity index (χ3n) is 5.33. The molecule has 8 heteroatoms. The highest BCUT2D eigenvalue weighted by Crippen LogP contribution is 2.46. The number of aryl methyl sites for hydroxylation is 1. The van der Waals surface area contributed by atoms with E-state index in [0.29, 0.717) is 39.8 Å². The highest BCUT2D eigenvalue weighted by atomic mass is 16.5. The number of ether oxygens (including phenoxy) is 3. The Morgan fingerprint density at radius 1 is 1.23 bits per heavy atom. The molecule has 2 aromatic heterocycles. The Morgan fingerprint density at radius 3 is 2.68 bits per heavy atom. The summed E-state index contributed by atoms with van der Waals surface area (Å²) >= 11 is 0. The molecule has 0 radical (unpaired) electrons. The molecule has 0 bridgehead atoms. The van der Waals surface area contributed by atoms with Crippen LogP contribution in [0.25, 0.3) is 0 Å². The van der Waals surface area contributed by atoms with Crippen LogP contribution < -0.4 is 25.5 Å². The molecular weight excluding hydrogens is 398 g/mol. The lowest BCUT2D eigenvalue weighted by molar-refractivity contribution is 0.348. The maximum atomic E-state index is 13.7. The predicted molar refractivity (Wildman–Crippen MR) is 112 cm³/mol. The smallest absolute Gasteiger partial charge is 0.259 e. The molecule has 158 valence electrons. The van der Waals surface area contributed by atoms with E-state index in [1.54, 1.807) is 54.2 Å². The third kappa shape index (κ3) is 3.30. The summed E-state index contributed by atoms with van der Waals surface area (Å²) in [5.41, 5.74) is 7.46. The van der Waals surface area contributed by atoms with Crippen LogP contribution in [-0.2, 0) is 6.54 Å². The lowest BCUT2D eigenvalue weighted by atomic mass is 9.83. The Kier molecular flexibility index (Phi) is 5.17. The zero-order valence-electron chi connectivity index (χ0n) is 17.3. The van der Waals surface area contributed by atoms with Crippen molar-refractivity contribution in [2.75, 3.05) is 14.2 Å². The Balaban J connectivity index is 2.00. The molecule has 0 aliphatic carbocycles. The third-order valence-corrected chi connectivity index (χ3v) is 5.33. The number of allylic oxidation sites excluding steroid dienone is 1. The van der Waals surface area contributed by atoms with Crippen molar-refractivity contribution < 1.29 is 18.6 Å². The van der Waals surface area contributed by atoms with E-state index in [1.807, 2.05) is 0 Å². The molecule has 4 rings (SSSR count). The number of hydrogen-bond acceptors (Lipinski definition) is 7. The molecule has 0 saturated heterocycles. The molecular formula is C23H21N3O5. The standard InChI is InChI=1S/C23H21N3O5/c1-13-10-18-20(23(27)26(13)12-14-6-5-9-30-14)19(16(11-24)22(25)31-18)15-7-4-8-17(28-2)21(15)29-3/h4-10,19H,12,25H2,1-3H3/t19-/m1/s1. The second-order valence-electron chi connectivity index (χ2n) is 7.04. The van der Waals surface area contributed by atoms with E-state index in [9.17, 15) is 10.1 Å². The van der Waals surface area contributed by atoms with Crippen molar-refractivity contribution in [1.82, 2.24) is 4.57 Å². The minimum absolute atomic E-state index is 0.0487. The van der Waals surface area contributed by atoms with Crippen molar-refractivity contribution >= 4 is 0 Å². The molecule has 0 saturated carbocycles. The maximum absolute atomic E-state index is 13.7. The fourth-order valence-electron chi connectivity index (χ4n) is 3.89. The van der Waals surface area contributed by atoms with Gasteiger partial charge in [0, 0.05) is 17.3 Å². The number of nitrogens with two attached hydrogens (primary N) is 1. The highest BCUT2D eigenvalue weighted by Gasteiger charge is 2.36. The highest BCUT2D eigenvalue weighted by molar-refractivity contribution is 5.60. The molecule has 1 aliphatic heterocycles. The van der Waals surface area contributed by atoms with Gasteiger partial charge in [-0.15, -0.1) is 0 Å². The normalized spacial score (nSPS) is 15.1. The van der Waals surface area contributed by atoms with Crippen LogP contribution in [0.2, 0.25) is 0 Å². The van der Waals surface area contributed by atoms with Gasteiger partial charge in [-0.3, -0.25) is 4.79 Å². The SMILES string of the molecule is COc1cccc([C@@H]2C(C#N)=C(N)Oc3cc(C)n(Cc4ccco4)c(=O)c32)c1OC. The second-order valence-corrected chi connectivity index (χ2v) is 7.04. The lowest BCUT2D eigenvalue weighted by Gasteiger charge is -2.28. The fourth-order valence-corrected chi connectivity index (χ4v) is 3.89. The molecule has 1 aliphatic rings. The number of hydrogen-bond donors (Lipinski definition) is 1. The summed E-state index contributed by atoms with van der Waals surface area (Å²) in [6.07, 6.45) is 1.55. The van der Waals surface area contributed by atoms with Crippen molar-refractivity contribution in [3.05, 3.63) is 87.1 Å². The molecule has 31 heavy (non-hydrogen) atoms. The molecule has 0 amide bonds. The topological polar surface area (TPSA) is 113 Å². The number of furan rings is 1. The van der Waals surface area contributed by atoms with Gasteiger partial charge in [0.05, 0.1) is 38.5 Å². The van der Waals surface area contributed by atoms with E-state index in [2.05, 4.69) is 6.07 Å². The lowest BCUT2D eigenvalue weighted by Crippen LogP contribution is -2.33. The van der Waals surface area contributed by atoms with Crippen molar-refractivity contribution in [3.8, 4) is 23.3 Å². The van der Waals surface area contributed by atoms with Gasteiger partial charge >= 0.3 is 0 Å². The van der Waals surface area contributed by atoms with E-state index >= 15 is 0 Å². The van der Waals surface area contributed by atoms with Gasteiger partial charge in [0.2, 0.25) is 5.88 Å². The average molecular weight is 419 g/mol. The van der Waals surface area contributed by atoms with Gasteiger partial charge < -0.3 is 28.9 Å². The number of methoxy groups -OCH3 is 2. The first-order valence-corrected chi connectivity index (χ1v) is 9.55. The van der Waals surface area contributed by atoms with Gasteiger partial charge in [-0.1, -0.05) is 12.1 Å². The first-order chi connectivity index (χ1) is 15.0. The van der Waals surface area contributed by atoms with Gasteiger partial charge in [-0.05, 0) is 25.1 Å². The van der Waals surface area contributed by atoms with Gasteiger partial charge in [-0.2, -0.15) is 5.26 Å². The summed E-state index contributed by atoms with van der Waals surface area (Å²) in [5.74, 6) is 1.01. The Morgan fingerprint density at radius 2 is 2.03 bits per heavy atom. The number of rotatable bonds is 5. The van der Waals surface area contributed by atoms with Crippen LogP contribution in [0.4, 0.5) is 0 Å². The van der Waals surface area contributed by atoms with Crippen LogP contribution in [0.15, 0.2) is 63.3 Å². The second kappa shape index (κ2) is 7.95. The predicted octanol–water partition coefficient (Wildman–Crippen LogP) is 3.03. The summed E-state index contributed by atoms with van der Waals surface area (Å²) in [5, 5.41) is 9.87. The first kappa shape index (κ1) is 20.2. The molecule has 2 N–H and O–H groups in total. The Bertz CT molecular complexity index is 1270. The number of nitrogens with zero attached hydrogens (tertiary/aromatic N) is 2. The first-order valence-electron chi connectivity index (χ1n) is 9.55. The van der Waals surface area contributed by atoms with E-state index in [0.717, 1.165) is 0 Å². The number of pyridine rings is 1. The molecule has 0 fully saturated rings. The number of benzene rings is 1. The number of para-hydroxylation sites is 1. The van der Waals surface area contributed by atoms with Gasteiger partial charge in [0.15, 0.2) is 11.5 Å². The molecule has 3 heterocycles. The van der Waals surface area contributed by atoms with Crippen molar-refractivity contribution in [2.24, 2.45) is 5.73 Å². The average Bonchev–Trinajstić information content (AvgIpc) is 3.28. The van der Waals surface area contributed by atoms with Crippen LogP contribution >= 0.6 is 0 Å². The Hall–Kier alpha value is -4.12. The van der Waals surface area contributed by atoms with Crippen molar-refractivity contribution in [3.63, 3.8) is 0 Å². The van der Waals surface area contributed by atoms with Crippen LogP contribution in [0.5, 0.6) is 17.2 Å². The van der Waals surface area contributed by atoms with E-state index in [1.165, 1.54) is 14.2 Å². The van der Waals surface area contributed by atoms with Gasteiger partial charge in [0.25, 0.3) is 5.56 Å². The monoisotopic (exact) mass is 419 g/mol. The molecule has 1 aromatic carbocycles. The van der Waals surface area contributed by atoms with E-state index in [-0.39, 0.29) is 23.6 Å². The minimum Gasteiger partial charge on any atom is -0.493 e. The van der Waals surface area contributed by atoms with Gasteiger partial charge in [-0.25, -0.2) is 0 Å². The number of nitriles is 1. The molecule has 8 nitrogen and oxygen atoms in total. The summed E-state index contributed by atoms with van der Waals surface area (Å²) in [6, 6.07) is 12.7. The Labute approximate surface area is 178 Å². The fraction of sp³-hybridized carbons (Fsp3) is 0.217. The largest absolute Gasteiger partial charge is 0.493 e. The molecule has 0 unspecified atom stereocenters. The maximum Gasteiger partial charge on any atom is 0.259 e. The van der Waals surface area contributed by atoms with Crippen LogP contribution in [-0.4, -0.2) is 18.8 Å². The summed E-state index contributed by atoms with van der Waals surface area (Å²) < 4.78 is 23.7. The van der Waals surface area contributed by atoms with Gasteiger partial charge in [0.1, 0.15) is 23.2 Å². The molecule has 0 spiro atoms. The zero-order chi connectivity index (χ0) is 22.1. The molecule has 1 atom stereocenters. The minimum atomic E-state index is -0.783. The molecule has 3 aromatic rings. The quantitative estimate of drug-likeness (QED) is 0.676. The summed E-state index contributed by atoms with van der Waals surface area (Å²) in [6.45, 7) is 2.04. The summed E-state index contributed by atoms with van der Waals surface area (Å²) in [7, 11) is 3.03. The van der Waals surface area contributed by atoms with E-state index in [4.69, 9.17) is 24.4 Å². The zero-order valence-corrected chi connectivity index (χ0v) is 17.3. The van der Waals surface area contributed by atoms with Crippen molar-refractivity contribution in [2.45, 2.75) is 19.4 Å². The van der Waals surface area contributed by atoms with Crippen LogP contribution in [0, 0.1) is 18.3 Å². The van der Waals surface area contributed by atoms with E-state index < -0.39 is 5.92 Å².